The Kier molecular flexibility index (Phi) is 15.5. The molecule has 0 bridgehead atoms. The van der Waals surface area contributed by atoms with E-state index in [1.54, 1.807) is 17.1 Å². The number of hydrogen-bond acceptors (Lipinski definition) is 2. The van der Waals surface area contributed by atoms with Crippen LogP contribution in [0.25, 0.3) is 0 Å². The van der Waals surface area contributed by atoms with Gasteiger partial charge in [-0.05, 0) is 30.8 Å². The van der Waals surface area contributed by atoms with Gasteiger partial charge in [-0.2, -0.15) is 0 Å². The highest BCUT2D eigenvalue weighted by Crippen LogP contribution is 2.15. The molecule has 1 rings (SSSR count). The summed E-state index contributed by atoms with van der Waals surface area (Å²) >= 11 is 0. The van der Waals surface area contributed by atoms with Crippen LogP contribution in [0.3, 0.4) is 0 Å². The van der Waals surface area contributed by atoms with Crippen molar-refractivity contribution >= 4 is 11.8 Å². The van der Waals surface area contributed by atoms with E-state index >= 15 is 0 Å². The van der Waals surface area contributed by atoms with Crippen LogP contribution in [0.2, 0.25) is 0 Å². The number of carbonyl (C=O) groups excluding carboxylic acids is 2. The lowest BCUT2D eigenvalue weighted by atomic mass is 10.1. The van der Waals surface area contributed by atoms with E-state index in [4.69, 9.17) is 0 Å². The Labute approximate surface area is 173 Å². The van der Waals surface area contributed by atoms with Gasteiger partial charge in [0.05, 0.1) is 0 Å². The van der Waals surface area contributed by atoms with Gasteiger partial charge in [0, 0.05) is 31.3 Å². The van der Waals surface area contributed by atoms with Crippen LogP contribution in [0.5, 0.6) is 0 Å². The van der Waals surface area contributed by atoms with E-state index in [1.807, 2.05) is 6.92 Å². The molecule has 0 fully saturated rings. The summed E-state index contributed by atoms with van der Waals surface area (Å²) in [4.78, 5) is 23.9. The van der Waals surface area contributed by atoms with E-state index in [0.29, 0.717) is 6.42 Å². The minimum Gasteiger partial charge on any atom is -0.356 e. The van der Waals surface area contributed by atoms with E-state index in [9.17, 15) is 9.59 Å². The van der Waals surface area contributed by atoms with Crippen LogP contribution in [-0.2, 0) is 9.59 Å². The van der Waals surface area contributed by atoms with Crippen LogP contribution in [0.4, 0.5) is 0 Å². The predicted octanol–water partition coefficient (Wildman–Crippen LogP) is 5.84. The van der Waals surface area contributed by atoms with Crippen molar-refractivity contribution in [2.75, 3.05) is 13.1 Å². The fraction of sp³-hybridized carbons (Fsp3) is 0.750. The SMILES string of the molecule is C=C1C=CC(=O)N1CCCCCC(C)C.CCC(=O)NCCCCCC(C)C. The third kappa shape index (κ3) is 14.5. The molecule has 0 aromatic carbocycles. The van der Waals surface area contributed by atoms with Gasteiger partial charge in [0.25, 0.3) is 5.91 Å². The minimum absolute atomic E-state index is 0.0869. The average Bonchev–Trinajstić information content (AvgIpc) is 2.96. The highest BCUT2D eigenvalue weighted by Gasteiger charge is 2.17. The van der Waals surface area contributed by atoms with Crippen molar-refractivity contribution < 1.29 is 9.59 Å². The van der Waals surface area contributed by atoms with Crippen molar-refractivity contribution in [3.8, 4) is 0 Å². The molecule has 0 atom stereocenters. The predicted molar refractivity (Wildman–Crippen MR) is 120 cm³/mol. The molecule has 0 aromatic heterocycles. The van der Waals surface area contributed by atoms with Gasteiger partial charge in [0.1, 0.15) is 0 Å². The number of hydrogen-bond donors (Lipinski definition) is 1. The Balaban J connectivity index is 0.000000528. The lowest BCUT2D eigenvalue weighted by Crippen LogP contribution is -2.24. The van der Waals surface area contributed by atoms with Crippen molar-refractivity contribution in [3.05, 3.63) is 24.4 Å². The maximum atomic E-state index is 11.3. The molecule has 1 aliphatic heterocycles. The second-order valence-corrected chi connectivity index (χ2v) is 8.50. The summed E-state index contributed by atoms with van der Waals surface area (Å²) in [6, 6.07) is 0. The zero-order chi connectivity index (χ0) is 21.4. The number of rotatable bonds is 13. The monoisotopic (exact) mass is 392 g/mol. The zero-order valence-electron chi connectivity index (χ0n) is 19.1. The normalized spacial score (nSPS) is 13.3. The van der Waals surface area contributed by atoms with Gasteiger partial charge in [-0.25, -0.2) is 0 Å². The smallest absolute Gasteiger partial charge is 0.251 e. The van der Waals surface area contributed by atoms with E-state index in [1.165, 1.54) is 38.5 Å². The molecule has 0 unspecified atom stereocenters. The van der Waals surface area contributed by atoms with Crippen molar-refractivity contribution in [2.45, 2.75) is 92.4 Å². The first-order chi connectivity index (χ1) is 13.3. The Bertz CT molecular complexity index is 463. The molecule has 0 aromatic rings. The molecule has 162 valence electrons. The van der Waals surface area contributed by atoms with Crippen LogP contribution in [-0.4, -0.2) is 29.8 Å². The van der Waals surface area contributed by atoms with Crippen molar-refractivity contribution in [3.63, 3.8) is 0 Å². The first kappa shape index (κ1) is 26.4. The quantitative estimate of drug-likeness (QED) is 0.400. The molecule has 2 amide bonds. The Morgan fingerprint density at radius 2 is 1.54 bits per heavy atom. The number of amides is 2. The molecule has 0 saturated carbocycles. The molecular formula is C24H44N2O2. The van der Waals surface area contributed by atoms with Gasteiger partial charge in [-0.1, -0.05) is 79.7 Å². The van der Waals surface area contributed by atoms with Gasteiger partial charge in [-0.3, -0.25) is 9.59 Å². The van der Waals surface area contributed by atoms with Crippen LogP contribution in [0, 0.1) is 11.8 Å². The van der Waals surface area contributed by atoms with Crippen molar-refractivity contribution in [2.24, 2.45) is 11.8 Å². The molecular weight excluding hydrogens is 348 g/mol. The molecule has 1 heterocycles. The molecule has 0 spiro atoms. The van der Waals surface area contributed by atoms with Crippen molar-refractivity contribution in [1.82, 2.24) is 10.2 Å². The maximum absolute atomic E-state index is 11.3. The van der Waals surface area contributed by atoms with Gasteiger partial charge >= 0.3 is 0 Å². The summed E-state index contributed by atoms with van der Waals surface area (Å²) in [5.74, 6) is 1.85. The average molecular weight is 393 g/mol. The largest absolute Gasteiger partial charge is 0.356 e. The second-order valence-electron chi connectivity index (χ2n) is 8.50. The van der Waals surface area contributed by atoms with Crippen LogP contribution >= 0.6 is 0 Å². The van der Waals surface area contributed by atoms with Crippen LogP contribution in [0.1, 0.15) is 92.4 Å². The number of allylic oxidation sites excluding steroid dienone is 1. The Morgan fingerprint density at radius 1 is 0.964 bits per heavy atom. The van der Waals surface area contributed by atoms with E-state index < -0.39 is 0 Å². The molecule has 1 N–H and O–H groups in total. The molecule has 0 saturated heterocycles. The molecule has 0 aliphatic carbocycles. The first-order valence-corrected chi connectivity index (χ1v) is 11.2. The summed E-state index contributed by atoms with van der Waals surface area (Å²) in [7, 11) is 0. The number of unbranched alkanes of at least 4 members (excludes halogenated alkanes) is 4. The second kappa shape index (κ2) is 16.4. The number of nitrogens with one attached hydrogen (secondary N) is 1. The molecule has 28 heavy (non-hydrogen) atoms. The summed E-state index contributed by atoms with van der Waals surface area (Å²) in [5, 5.41) is 2.88. The summed E-state index contributed by atoms with van der Waals surface area (Å²) in [6.45, 7) is 16.4. The molecule has 4 heteroatoms. The lowest BCUT2D eigenvalue weighted by molar-refractivity contribution is -0.123. The van der Waals surface area contributed by atoms with E-state index in [0.717, 1.165) is 43.5 Å². The lowest BCUT2D eigenvalue weighted by Gasteiger charge is -2.16. The van der Waals surface area contributed by atoms with Gasteiger partial charge in [-0.15, -0.1) is 0 Å². The Hall–Kier alpha value is -1.58. The zero-order valence-corrected chi connectivity index (χ0v) is 19.1. The maximum Gasteiger partial charge on any atom is 0.251 e. The number of nitrogens with zero attached hydrogens (tertiary/aromatic N) is 1. The highest BCUT2D eigenvalue weighted by molar-refractivity contribution is 5.92. The summed E-state index contributed by atoms with van der Waals surface area (Å²) in [5.41, 5.74) is 0.837. The summed E-state index contributed by atoms with van der Waals surface area (Å²) in [6.07, 6.45) is 13.8. The number of carbonyl (C=O) groups is 2. The molecule has 1 aliphatic rings. The van der Waals surface area contributed by atoms with Gasteiger partial charge in [0.2, 0.25) is 5.91 Å². The standard InChI is InChI=1S/C13H21NO.C11H23NO/c1-11(2)7-5-4-6-10-14-12(3)8-9-13(14)15;1-4-11(13)12-9-7-5-6-8-10(2)3/h8-9,11H,3-7,10H2,1-2H3;10H,4-9H2,1-3H3,(H,12,13). The van der Waals surface area contributed by atoms with E-state index in [-0.39, 0.29) is 11.8 Å². The minimum atomic E-state index is 0.0869. The van der Waals surface area contributed by atoms with Crippen LogP contribution in [0.15, 0.2) is 24.4 Å². The fourth-order valence-electron chi connectivity index (χ4n) is 2.95. The third-order valence-electron chi connectivity index (χ3n) is 4.80. The van der Waals surface area contributed by atoms with Crippen LogP contribution < -0.4 is 5.32 Å². The Morgan fingerprint density at radius 3 is 2.00 bits per heavy atom. The summed E-state index contributed by atoms with van der Waals surface area (Å²) < 4.78 is 0. The van der Waals surface area contributed by atoms with Crippen molar-refractivity contribution in [1.29, 1.82) is 0 Å². The third-order valence-corrected chi connectivity index (χ3v) is 4.80. The molecule has 4 nitrogen and oxygen atoms in total. The fourth-order valence-corrected chi connectivity index (χ4v) is 2.95. The first-order valence-electron chi connectivity index (χ1n) is 11.2. The van der Waals surface area contributed by atoms with Gasteiger partial charge in [0.15, 0.2) is 0 Å². The topological polar surface area (TPSA) is 49.4 Å². The van der Waals surface area contributed by atoms with E-state index in [2.05, 4.69) is 39.6 Å². The highest BCUT2D eigenvalue weighted by atomic mass is 16.2. The molecule has 0 radical (unpaired) electrons. The van der Waals surface area contributed by atoms with Gasteiger partial charge < -0.3 is 10.2 Å².